The molecule has 0 aromatic heterocycles. The van der Waals surface area contributed by atoms with E-state index in [1.807, 2.05) is 44.2 Å². The molecule has 1 atom stereocenters. The van der Waals surface area contributed by atoms with Gasteiger partial charge in [0.15, 0.2) is 6.61 Å². The van der Waals surface area contributed by atoms with Crippen LogP contribution in [0.1, 0.15) is 64.1 Å². The van der Waals surface area contributed by atoms with Crippen LogP contribution in [0.4, 0.5) is 0 Å². The molecule has 0 spiro atoms. The number of carbonyl (C=O) groups is 3. The number of amides is 3. The molecule has 2 N–H and O–H groups in total. The van der Waals surface area contributed by atoms with E-state index in [4.69, 9.17) is 9.47 Å². The van der Waals surface area contributed by atoms with Crippen molar-refractivity contribution in [3.05, 3.63) is 137 Å². The highest BCUT2D eigenvalue weighted by Crippen LogP contribution is 2.27. The van der Waals surface area contributed by atoms with Crippen molar-refractivity contribution in [2.24, 2.45) is 0 Å². The highest BCUT2D eigenvalue weighted by molar-refractivity contribution is 6.21. The fourth-order valence-electron chi connectivity index (χ4n) is 6.33. The Balaban J connectivity index is 0.00000248. The highest BCUT2D eigenvalue weighted by atomic mass is 16.5. The van der Waals surface area contributed by atoms with E-state index < -0.39 is 0 Å². The molecule has 0 bridgehead atoms. The van der Waals surface area contributed by atoms with Gasteiger partial charge < -0.3 is 24.8 Å². The number of hydrogen-bond acceptors (Lipinski definition) is 7. The Labute approximate surface area is 300 Å². The number of carbonyl (C=O) groups excluding carboxylic acids is 3. The van der Waals surface area contributed by atoms with E-state index >= 15 is 0 Å². The van der Waals surface area contributed by atoms with E-state index in [1.54, 1.807) is 42.5 Å². The van der Waals surface area contributed by atoms with Crippen molar-refractivity contribution in [2.75, 3.05) is 32.8 Å². The number of phenols is 1. The Kier molecular flexibility index (Phi) is 12.9. The van der Waals surface area contributed by atoms with Gasteiger partial charge in [0.1, 0.15) is 17.2 Å². The van der Waals surface area contributed by atoms with Gasteiger partial charge in [0, 0.05) is 50.3 Å². The summed E-state index contributed by atoms with van der Waals surface area (Å²) in [4.78, 5) is 42.6. The van der Waals surface area contributed by atoms with Crippen LogP contribution in [-0.2, 0) is 24.1 Å². The first-order chi connectivity index (χ1) is 24.8. The summed E-state index contributed by atoms with van der Waals surface area (Å²) in [6, 6.07) is 29.4. The number of nitrogens with zero attached hydrogens (tertiary/aromatic N) is 2. The van der Waals surface area contributed by atoms with Gasteiger partial charge in [-0.05, 0) is 66.3 Å². The normalized spacial score (nSPS) is 13.3. The summed E-state index contributed by atoms with van der Waals surface area (Å²) < 4.78 is 11.4. The molecule has 0 saturated heterocycles. The maximum Gasteiger partial charge on any atom is 0.261 e. The summed E-state index contributed by atoms with van der Waals surface area (Å²) in [7, 11) is 0. The minimum absolute atomic E-state index is 0.0654. The molecule has 2 aliphatic rings. The van der Waals surface area contributed by atoms with E-state index in [0.29, 0.717) is 55.8 Å². The maximum absolute atomic E-state index is 13.1. The SMILES string of the molecule is C=C(CCN1C(=O)c2ccccc2C1=O)N(CCc1ccc2c(c1)OCC2)CC[C@H](Cc1ccccc1)NC(=O)COc1cccc(O)c1.CC. The second kappa shape index (κ2) is 17.9. The van der Waals surface area contributed by atoms with Crippen LogP contribution in [0, 0.1) is 0 Å². The van der Waals surface area contributed by atoms with Crippen molar-refractivity contribution in [3.8, 4) is 17.2 Å². The van der Waals surface area contributed by atoms with Crippen molar-refractivity contribution >= 4 is 17.7 Å². The third kappa shape index (κ3) is 9.78. The van der Waals surface area contributed by atoms with Crippen LogP contribution in [0.5, 0.6) is 17.2 Å². The second-order valence-electron chi connectivity index (χ2n) is 12.4. The lowest BCUT2D eigenvalue weighted by molar-refractivity contribution is -0.123. The predicted molar refractivity (Wildman–Crippen MR) is 198 cm³/mol. The van der Waals surface area contributed by atoms with Gasteiger partial charge in [-0.25, -0.2) is 0 Å². The molecular formula is C42H47N3O6. The van der Waals surface area contributed by atoms with E-state index in [9.17, 15) is 19.5 Å². The largest absolute Gasteiger partial charge is 0.508 e. The number of hydrogen-bond donors (Lipinski definition) is 2. The Bertz CT molecular complexity index is 1790. The molecule has 6 rings (SSSR count). The van der Waals surface area contributed by atoms with Gasteiger partial charge in [0.05, 0.1) is 17.7 Å². The van der Waals surface area contributed by atoms with Crippen LogP contribution < -0.4 is 14.8 Å². The van der Waals surface area contributed by atoms with Gasteiger partial charge in [0.2, 0.25) is 0 Å². The summed E-state index contributed by atoms with van der Waals surface area (Å²) in [5.41, 5.74) is 5.14. The number of phenolic OH excluding ortho intramolecular Hbond substituents is 1. The summed E-state index contributed by atoms with van der Waals surface area (Å²) in [5, 5.41) is 12.9. The van der Waals surface area contributed by atoms with Crippen LogP contribution in [0.25, 0.3) is 0 Å². The smallest absolute Gasteiger partial charge is 0.261 e. The quantitative estimate of drug-likeness (QED) is 0.128. The number of benzene rings is 4. The average molecular weight is 690 g/mol. The molecule has 4 aromatic carbocycles. The molecule has 0 radical (unpaired) electrons. The van der Waals surface area contributed by atoms with Gasteiger partial charge in [-0.15, -0.1) is 0 Å². The Hall–Kier alpha value is -5.57. The molecule has 266 valence electrons. The summed E-state index contributed by atoms with van der Waals surface area (Å²) >= 11 is 0. The van der Waals surface area contributed by atoms with Crippen LogP contribution in [0.3, 0.4) is 0 Å². The lowest BCUT2D eigenvalue weighted by atomic mass is 10.0. The van der Waals surface area contributed by atoms with E-state index in [2.05, 4.69) is 35.0 Å². The zero-order valence-electron chi connectivity index (χ0n) is 29.5. The minimum atomic E-state index is -0.281. The number of rotatable bonds is 16. The van der Waals surface area contributed by atoms with Crippen molar-refractivity contribution < 1.29 is 29.0 Å². The van der Waals surface area contributed by atoms with Crippen molar-refractivity contribution in [1.29, 1.82) is 0 Å². The first-order valence-electron chi connectivity index (χ1n) is 17.7. The number of nitrogens with one attached hydrogen (secondary N) is 1. The molecule has 9 nitrogen and oxygen atoms in total. The molecular weight excluding hydrogens is 642 g/mol. The molecule has 0 aliphatic carbocycles. The van der Waals surface area contributed by atoms with Crippen molar-refractivity contribution in [1.82, 2.24) is 15.1 Å². The van der Waals surface area contributed by atoms with Gasteiger partial charge in [-0.2, -0.15) is 0 Å². The van der Waals surface area contributed by atoms with E-state index in [-0.39, 0.29) is 42.7 Å². The molecule has 9 heteroatoms. The monoisotopic (exact) mass is 689 g/mol. The molecule has 0 unspecified atom stereocenters. The Morgan fingerprint density at radius 3 is 2.37 bits per heavy atom. The molecule has 0 saturated carbocycles. The fourth-order valence-corrected chi connectivity index (χ4v) is 6.33. The van der Waals surface area contributed by atoms with Gasteiger partial charge in [-0.1, -0.05) is 81.1 Å². The summed E-state index contributed by atoms with van der Waals surface area (Å²) in [5.74, 6) is 0.585. The number of fused-ring (bicyclic) bond motifs is 2. The van der Waals surface area contributed by atoms with Crippen molar-refractivity contribution in [2.45, 2.75) is 52.0 Å². The van der Waals surface area contributed by atoms with Gasteiger partial charge >= 0.3 is 0 Å². The lowest BCUT2D eigenvalue weighted by Crippen LogP contribution is -2.42. The second-order valence-corrected chi connectivity index (χ2v) is 12.4. The third-order valence-corrected chi connectivity index (χ3v) is 9.01. The van der Waals surface area contributed by atoms with Gasteiger partial charge in [0.25, 0.3) is 17.7 Å². The highest BCUT2D eigenvalue weighted by Gasteiger charge is 2.35. The molecule has 2 heterocycles. The maximum atomic E-state index is 13.1. The number of ether oxygens (including phenoxy) is 2. The van der Waals surface area contributed by atoms with Crippen LogP contribution >= 0.6 is 0 Å². The molecule has 51 heavy (non-hydrogen) atoms. The van der Waals surface area contributed by atoms with Crippen molar-refractivity contribution in [3.63, 3.8) is 0 Å². The van der Waals surface area contributed by atoms with Gasteiger partial charge in [-0.3, -0.25) is 19.3 Å². The fraction of sp³-hybridized carbons (Fsp3) is 0.310. The summed E-state index contributed by atoms with van der Waals surface area (Å²) in [6.45, 7) is 10.4. The van der Waals surface area contributed by atoms with Crippen LogP contribution in [0.15, 0.2) is 109 Å². The predicted octanol–water partition coefficient (Wildman–Crippen LogP) is 6.59. The minimum Gasteiger partial charge on any atom is -0.508 e. The third-order valence-electron chi connectivity index (χ3n) is 9.01. The molecule has 3 amide bonds. The van der Waals surface area contributed by atoms with Crippen LogP contribution in [0.2, 0.25) is 0 Å². The zero-order valence-corrected chi connectivity index (χ0v) is 29.5. The first-order valence-corrected chi connectivity index (χ1v) is 17.7. The number of aromatic hydroxyl groups is 1. The van der Waals surface area contributed by atoms with E-state index in [0.717, 1.165) is 35.4 Å². The zero-order chi connectivity index (χ0) is 36.2. The Morgan fingerprint density at radius 2 is 1.65 bits per heavy atom. The Morgan fingerprint density at radius 1 is 0.922 bits per heavy atom. The topological polar surface area (TPSA) is 108 Å². The van der Waals surface area contributed by atoms with E-state index in [1.165, 1.54) is 16.5 Å². The first kappa shape index (κ1) is 36.7. The summed E-state index contributed by atoms with van der Waals surface area (Å²) in [6.07, 6.45) is 3.33. The standard InChI is InChI=1S/C40H41N3O6.C2H6/c1-28(16-22-43-39(46)35-12-5-6-13-36(35)40(43)47)42(20-17-30-14-15-31-19-23-48-37(31)25-30)21-18-32(24-29-8-3-2-4-9-29)41-38(45)27-49-34-11-7-10-33(44)26-34;1-2/h2-15,25-26,32,44H,1,16-24,27H2,(H,41,45);1-2H3/t32-;/m1./s1. The molecule has 0 fully saturated rings. The molecule has 4 aromatic rings. The average Bonchev–Trinajstić information content (AvgIpc) is 3.72. The number of imide groups is 1. The van der Waals surface area contributed by atoms with Crippen LogP contribution in [-0.4, -0.2) is 71.5 Å². The lowest BCUT2D eigenvalue weighted by Gasteiger charge is -2.30. The molecule has 2 aliphatic heterocycles.